The Morgan fingerprint density at radius 2 is 1.71 bits per heavy atom. The van der Waals surface area contributed by atoms with Crippen molar-refractivity contribution in [2.75, 3.05) is 16.8 Å². The molecule has 4 bridgehead atoms. The molecule has 31 heavy (non-hydrogen) atoms. The third-order valence-corrected chi connectivity index (χ3v) is 7.93. The van der Waals surface area contributed by atoms with Gasteiger partial charge in [0.1, 0.15) is 5.75 Å². The first-order chi connectivity index (χ1) is 15.0. The summed E-state index contributed by atoms with van der Waals surface area (Å²) in [6, 6.07) is 13.0. The number of nitrogens with zero attached hydrogens (tertiary/aromatic N) is 1. The Morgan fingerprint density at radius 1 is 1.03 bits per heavy atom. The molecular weight excluding hydrogens is 388 g/mol. The summed E-state index contributed by atoms with van der Waals surface area (Å²) in [6.07, 6.45) is 7.00. The van der Waals surface area contributed by atoms with E-state index in [2.05, 4.69) is 5.32 Å². The lowest BCUT2D eigenvalue weighted by Crippen LogP contribution is -2.51. The van der Waals surface area contributed by atoms with Crippen LogP contribution in [-0.2, 0) is 4.79 Å². The minimum absolute atomic E-state index is 0.103. The molecule has 1 heterocycles. The number of amides is 2. The zero-order valence-electron chi connectivity index (χ0n) is 17.9. The quantitative estimate of drug-likeness (QED) is 0.707. The van der Waals surface area contributed by atoms with E-state index in [9.17, 15) is 9.59 Å². The standard InChI is InChI=1S/C26H28N2O3/c1-2-28-21-5-3-4-6-23(21)31-22-8-7-19(12-20(22)24(28)29)27-25(30)26-13-16-9-17(14-26)11-18(10-16)15-26/h3-8,12,16-18H,2,9-11,13-15H2,1H3,(H,27,30). The predicted octanol–water partition coefficient (Wildman–Crippen LogP) is 5.61. The molecule has 2 amide bonds. The first-order valence-electron chi connectivity index (χ1n) is 11.6. The predicted molar refractivity (Wildman–Crippen MR) is 120 cm³/mol. The van der Waals surface area contributed by atoms with E-state index in [0.717, 1.165) is 42.7 Å². The molecule has 2 aromatic rings. The zero-order chi connectivity index (χ0) is 21.2. The van der Waals surface area contributed by atoms with Gasteiger partial charge in [-0.25, -0.2) is 0 Å². The SMILES string of the molecule is CCN1C(=O)c2cc(NC(=O)C34CC5CC(CC(C5)C3)C4)ccc2Oc2ccccc21. The van der Waals surface area contributed by atoms with Crippen LogP contribution in [0.3, 0.4) is 0 Å². The van der Waals surface area contributed by atoms with Crippen LogP contribution in [0.2, 0.25) is 0 Å². The highest BCUT2D eigenvalue weighted by atomic mass is 16.5. The Balaban J connectivity index is 1.30. The normalized spacial score (nSPS) is 30.3. The van der Waals surface area contributed by atoms with Gasteiger partial charge in [0.05, 0.1) is 16.7 Å². The second-order valence-corrected chi connectivity index (χ2v) is 9.98. The Labute approximate surface area is 182 Å². The van der Waals surface area contributed by atoms with Crippen LogP contribution in [0.5, 0.6) is 11.5 Å². The number of carbonyl (C=O) groups is 2. The maximum atomic E-state index is 13.4. The molecule has 0 atom stereocenters. The molecule has 4 saturated carbocycles. The average Bonchev–Trinajstić information content (AvgIpc) is 2.86. The van der Waals surface area contributed by atoms with Gasteiger partial charge < -0.3 is 15.0 Å². The van der Waals surface area contributed by atoms with Gasteiger partial charge in [-0.2, -0.15) is 0 Å². The number of ether oxygens (including phenoxy) is 1. The Morgan fingerprint density at radius 3 is 2.39 bits per heavy atom. The van der Waals surface area contributed by atoms with Crippen molar-refractivity contribution in [2.24, 2.45) is 23.2 Å². The fourth-order valence-corrected chi connectivity index (χ4v) is 6.97. The minimum atomic E-state index is -0.215. The van der Waals surface area contributed by atoms with Crippen LogP contribution in [0, 0.1) is 23.2 Å². The number of nitrogens with one attached hydrogen (secondary N) is 1. The highest BCUT2D eigenvalue weighted by Gasteiger charge is 2.54. The van der Waals surface area contributed by atoms with Crippen LogP contribution in [0.1, 0.15) is 55.8 Å². The first kappa shape index (κ1) is 18.9. The maximum Gasteiger partial charge on any atom is 0.262 e. The van der Waals surface area contributed by atoms with Crippen molar-refractivity contribution in [2.45, 2.75) is 45.4 Å². The Hall–Kier alpha value is -2.82. The smallest absolute Gasteiger partial charge is 0.262 e. The molecule has 0 unspecified atom stereocenters. The highest BCUT2D eigenvalue weighted by molar-refractivity contribution is 6.10. The topological polar surface area (TPSA) is 58.6 Å². The number of hydrogen-bond acceptors (Lipinski definition) is 3. The van der Waals surface area contributed by atoms with E-state index >= 15 is 0 Å². The molecule has 4 aliphatic carbocycles. The van der Waals surface area contributed by atoms with Crippen LogP contribution in [0.4, 0.5) is 11.4 Å². The van der Waals surface area contributed by atoms with Crippen molar-refractivity contribution in [1.29, 1.82) is 0 Å². The number of anilines is 2. The summed E-state index contributed by atoms with van der Waals surface area (Å²) in [5.74, 6) is 3.39. The molecule has 4 fully saturated rings. The Bertz CT molecular complexity index is 1040. The van der Waals surface area contributed by atoms with Gasteiger partial charge in [-0.3, -0.25) is 9.59 Å². The van der Waals surface area contributed by atoms with E-state index in [1.54, 1.807) is 17.0 Å². The van der Waals surface area contributed by atoms with Crippen molar-refractivity contribution in [3.05, 3.63) is 48.0 Å². The molecule has 5 aliphatic rings. The molecular formula is C26H28N2O3. The van der Waals surface area contributed by atoms with Crippen LogP contribution >= 0.6 is 0 Å². The molecule has 0 spiro atoms. The van der Waals surface area contributed by atoms with Gasteiger partial charge >= 0.3 is 0 Å². The number of fused-ring (bicyclic) bond motifs is 2. The van der Waals surface area contributed by atoms with Crippen molar-refractivity contribution >= 4 is 23.2 Å². The highest BCUT2D eigenvalue weighted by Crippen LogP contribution is 2.60. The average molecular weight is 417 g/mol. The van der Waals surface area contributed by atoms with Crippen molar-refractivity contribution in [1.82, 2.24) is 0 Å². The van der Waals surface area contributed by atoms with E-state index in [1.165, 1.54) is 19.3 Å². The second-order valence-electron chi connectivity index (χ2n) is 9.98. The summed E-state index contributed by atoms with van der Waals surface area (Å²) in [7, 11) is 0. The number of benzene rings is 2. The van der Waals surface area contributed by atoms with E-state index in [0.29, 0.717) is 29.3 Å². The number of carbonyl (C=O) groups excluding carboxylic acids is 2. The fourth-order valence-electron chi connectivity index (χ4n) is 6.97. The number of rotatable bonds is 3. The maximum absolute atomic E-state index is 13.4. The minimum Gasteiger partial charge on any atom is -0.454 e. The largest absolute Gasteiger partial charge is 0.454 e. The van der Waals surface area contributed by atoms with E-state index < -0.39 is 0 Å². The second kappa shape index (κ2) is 6.84. The molecule has 2 aromatic carbocycles. The van der Waals surface area contributed by atoms with Gasteiger partial charge in [-0.1, -0.05) is 12.1 Å². The summed E-state index contributed by atoms with van der Waals surface area (Å²) >= 11 is 0. The van der Waals surface area contributed by atoms with Gasteiger partial charge in [0.2, 0.25) is 5.91 Å². The van der Waals surface area contributed by atoms with Gasteiger partial charge in [0.15, 0.2) is 5.75 Å². The van der Waals surface area contributed by atoms with Gasteiger partial charge in [-0.15, -0.1) is 0 Å². The molecule has 0 saturated heterocycles. The van der Waals surface area contributed by atoms with E-state index in [-0.39, 0.29) is 17.2 Å². The van der Waals surface area contributed by atoms with E-state index in [1.807, 2.05) is 37.3 Å². The van der Waals surface area contributed by atoms with Crippen molar-refractivity contribution < 1.29 is 14.3 Å². The Kier molecular flexibility index (Phi) is 4.17. The van der Waals surface area contributed by atoms with Crippen LogP contribution in [-0.4, -0.2) is 18.4 Å². The number of hydrogen-bond donors (Lipinski definition) is 1. The third-order valence-electron chi connectivity index (χ3n) is 7.93. The summed E-state index contributed by atoms with van der Waals surface area (Å²) in [4.78, 5) is 28.5. The van der Waals surface area contributed by atoms with Crippen LogP contribution in [0.15, 0.2) is 42.5 Å². The van der Waals surface area contributed by atoms with Crippen molar-refractivity contribution in [3.8, 4) is 11.5 Å². The molecule has 0 aromatic heterocycles. The summed E-state index contributed by atoms with van der Waals surface area (Å²) in [5.41, 5.74) is 1.72. The van der Waals surface area contributed by atoms with Gasteiger partial charge in [0, 0.05) is 12.2 Å². The summed E-state index contributed by atoms with van der Waals surface area (Å²) in [6.45, 7) is 2.50. The van der Waals surface area contributed by atoms with Crippen molar-refractivity contribution in [3.63, 3.8) is 0 Å². The van der Waals surface area contributed by atoms with Crippen LogP contribution in [0.25, 0.3) is 0 Å². The summed E-state index contributed by atoms with van der Waals surface area (Å²) in [5, 5.41) is 3.18. The summed E-state index contributed by atoms with van der Waals surface area (Å²) < 4.78 is 6.09. The molecule has 7 rings (SSSR count). The van der Waals surface area contributed by atoms with Gasteiger partial charge in [-0.05, 0) is 93.5 Å². The third kappa shape index (κ3) is 2.97. The van der Waals surface area contributed by atoms with Gasteiger partial charge in [0.25, 0.3) is 5.91 Å². The lowest BCUT2D eigenvalue weighted by molar-refractivity contribution is -0.140. The molecule has 160 valence electrons. The zero-order valence-corrected chi connectivity index (χ0v) is 17.9. The van der Waals surface area contributed by atoms with Crippen LogP contribution < -0.4 is 15.0 Å². The lowest BCUT2D eigenvalue weighted by Gasteiger charge is -2.55. The molecule has 5 heteroatoms. The lowest BCUT2D eigenvalue weighted by atomic mass is 9.49. The number of para-hydroxylation sites is 2. The fraction of sp³-hybridized carbons (Fsp3) is 0.462. The first-order valence-corrected chi connectivity index (χ1v) is 11.6. The molecule has 5 nitrogen and oxygen atoms in total. The van der Waals surface area contributed by atoms with E-state index in [4.69, 9.17) is 4.74 Å². The molecule has 0 radical (unpaired) electrons. The monoisotopic (exact) mass is 416 g/mol. The molecule has 1 aliphatic heterocycles. The molecule has 1 N–H and O–H groups in total.